The Morgan fingerprint density at radius 1 is 1.39 bits per heavy atom. The average molecular weight is 248 g/mol. The maximum absolute atomic E-state index is 11.8. The second-order valence-electron chi connectivity index (χ2n) is 4.68. The van der Waals surface area contributed by atoms with Crippen LogP contribution in [0.1, 0.15) is 43.1 Å². The van der Waals surface area contributed by atoms with Crippen molar-refractivity contribution in [1.29, 1.82) is 0 Å². The van der Waals surface area contributed by atoms with Crippen LogP contribution in [0, 0.1) is 5.92 Å². The molecular formula is C13H20N4O. The quantitative estimate of drug-likeness (QED) is 0.806. The van der Waals surface area contributed by atoms with Gasteiger partial charge in [0, 0.05) is 13.1 Å². The fraction of sp³-hybridized carbons (Fsp3) is 0.615. The molecule has 1 aliphatic carbocycles. The first-order valence-corrected chi connectivity index (χ1v) is 6.65. The minimum Gasteiger partial charge on any atom is -0.369 e. The predicted octanol–water partition coefficient (Wildman–Crippen LogP) is 1.83. The van der Waals surface area contributed by atoms with Gasteiger partial charge in [-0.25, -0.2) is 0 Å². The maximum Gasteiger partial charge on any atom is 0.271 e. The van der Waals surface area contributed by atoms with Crippen LogP contribution in [0.25, 0.3) is 0 Å². The molecule has 98 valence electrons. The summed E-state index contributed by atoms with van der Waals surface area (Å²) in [5.41, 5.74) is 0.380. The number of nitrogens with zero attached hydrogens (tertiary/aromatic N) is 2. The van der Waals surface area contributed by atoms with E-state index in [1.54, 1.807) is 12.1 Å². The molecule has 0 aromatic carbocycles. The Labute approximate surface area is 107 Å². The van der Waals surface area contributed by atoms with Crippen molar-refractivity contribution in [2.24, 2.45) is 5.92 Å². The van der Waals surface area contributed by atoms with Crippen LogP contribution in [-0.2, 0) is 0 Å². The number of rotatable bonds is 6. The zero-order valence-electron chi connectivity index (χ0n) is 10.8. The van der Waals surface area contributed by atoms with Gasteiger partial charge in [-0.3, -0.25) is 4.79 Å². The summed E-state index contributed by atoms with van der Waals surface area (Å²) in [5.74, 6) is 1.38. The summed E-state index contributed by atoms with van der Waals surface area (Å²) < 4.78 is 0. The fourth-order valence-corrected chi connectivity index (χ4v) is 1.99. The number of carbonyl (C=O) groups excluding carboxylic acids is 1. The van der Waals surface area contributed by atoms with Gasteiger partial charge in [0.1, 0.15) is 5.82 Å². The standard InChI is InChI=1S/C13H20N4O/c1-2-14-12-7-6-11(16-17-12)13(18)15-9-8-10-4-3-5-10/h6-7,10H,2-5,8-9H2,1H3,(H,14,17)(H,15,18). The molecule has 5 nitrogen and oxygen atoms in total. The molecule has 1 fully saturated rings. The molecule has 1 amide bonds. The van der Waals surface area contributed by atoms with Gasteiger partial charge >= 0.3 is 0 Å². The highest BCUT2D eigenvalue weighted by molar-refractivity contribution is 5.92. The van der Waals surface area contributed by atoms with Gasteiger partial charge in [0.05, 0.1) is 0 Å². The van der Waals surface area contributed by atoms with Crippen molar-refractivity contribution in [1.82, 2.24) is 15.5 Å². The monoisotopic (exact) mass is 248 g/mol. The summed E-state index contributed by atoms with van der Waals surface area (Å²) in [5, 5.41) is 13.8. The zero-order valence-corrected chi connectivity index (χ0v) is 10.8. The van der Waals surface area contributed by atoms with Gasteiger partial charge < -0.3 is 10.6 Å². The summed E-state index contributed by atoms with van der Waals surface area (Å²) in [6, 6.07) is 3.47. The lowest BCUT2D eigenvalue weighted by molar-refractivity contribution is 0.0943. The van der Waals surface area contributed by atoms with Crippen LogP contribution in [0.3, 0.4) is 0 Å². The molecule has 0 radical (unpaired) electrons. The first-order chi connectivity index (χ1) is 8.79. The average Bonchev–Trinajstić information content (AvgIpc) is 2.33. The molecule has 1 aliphatic rings. The van der Waals surface area contributed by atoms with Gasteiger partial charge in [-0.2, -0.15) is 0 Å². The lowest BCUT2D eigenvalue weighted by Crippen LogP contribution is -2.28. The van der Waals surface area contributed by atoms with E-state index in [-0.39, 0.29) is 5.91 Å². The largest absolute Gasteiger partial charge is 0.369 e. The van der Waals surface area contributed by atoms with Crippen LogP contribution in [0.2, 0.25) is 0 Å². The van der Waals surface area contributed by atoms with E-state index in [2.05, 4.69) is 20.8 Å². The van der Waals surface area contributed by atoms with Crippen molar-refractivity contribution >= 4 is 11.7 Å². The molecule has 1 aromatic rings. The van der Waals surface area contributed by atoms with Crippen molar-refractivity contribution in [2.75, 3.05) is 18.4 Å². The van der Waals surface area contributed by atoms with E-state index in [1.807, 2.05) is 6.92 Å². The van der Waals surface area contributed by atoms with Crippen molar-refractivity contribution < 1.29 is 4.79 Å². The highest BCUT2D eigenvalue weighted by Crippen LogP contribution is 2.28. The molecule has 18 heavy (non-hydrogen) atoms. The van der Waals surface area contributed by atoms with Gasteiger partial charge in [0.25, 0.3) is 5.91 Å². The summed E-state index contributed by atoms with van der Waals surface area (Å²) in [7, 11) is 0. The minimum absolute atomic E-state index is 0.134. The zero-order chi connectivity index (χ0) is 12.8. The number of hydrogen-bond acceptors (Lipinski definition) is 4. The molecule has 1 saturated carbocycles. The minimum atomic E-state index is -0.134. The Morgan fingerprint density at radius 3 is 2.78 bits per heavy atom. The number of aromatic nitrogens is 2. The highest BCUT2D eigenvalue weighted by Gasteiger charge is 2.17. The van der Waals surface area contributed by atoms with E-state index in [0.717, 1.165) is 25.4 Å². The third-order valence-corrected chi connectivity index (χ3v) is 3.32. The van der Waals surface area contributed by atoms with Crippen molar-refractivity contribution in [3.63, 3.8) is 0 Å². The SMILES string of the molecule is CCNc1ccc(C(=O)NCCC2CCC2)nn1. The highest BCUT2D eigenvalue weighted by atomic mass is 16.1. The van der Waals surface area contributed by atoms with Gasteiger partial charge in [0.15, 0.2) is 5.69 Å². The molecule has 0 spiro atoms. The van der Waals surface area contributed by atoms with Crippen molar-refractivity contribution in [3.8, 4) is 0 Å². The summed E-state index contributed by atoms with van der Waals surface area (Å²) in [6.07, 6.45) is 5.05. The molecule has 0 unspecified atom stereocenters. The summed E-state index contributed by atoms with van der Waals surface area (Å²) in [4.78, 5) is 11.8. The summed E-state index contributed by atoms with van der Waals surface area (Å²) in [6.45, 7) is 3.52. The van der Waals surface area contributed by atoms with Gasteiger partial charge in [-0.15, -0.1) is 10.2 Å². The van der Waals surface area contributed by atoms with Crippen LogP contribution in [0.15, 0.2) is 12.1 Å². The molecule has 0 bridgehead atoms. The van der Waals surface area contributed by atoms with Gasteiger partial charge in [-0.1, -0.05) is 19.3 Å². The molecule has 2 N–H and O–H groups in total. The number of anilines is 1. The second kappa shape index (κ2) is 6.33. The first kappa shape index (κ1) is 12.8. The number of carbonyl (C=O) groups is 1. The topological polar surface area (TPSA) is 66.9 Å². The van der Waals surface area contributed by atoms with Crippen LogP contribution < -0.4 is 10.6 Å². The smallest absolute Gasteiger partial charge is 0.271 e. The van der Waals surface area contributed by atoms with Gasteiger partial charge in [0.2, 0.25) is 0 Å². The molecule has 1 aromatic heterocycles. The number of hydrogen-bond donors (Lipinski definition) is 2. The van der Waals surface area contributed by atoms with Crippen molar-refractivity contribution in [2.45, 2.75) is 32.6 Å². The van der Waals surface area contributed by atoms with E-state index < -0.39 is 0 Å². The number of nitrogens with one attached hydrogen (secondary N) is 2. The lowest BCUT2D eigenvalue weighted by atomic mass is 9.83. The van der Waals surface area contributed by atoms with E-state index in [4.69, 9.17) is 0 Å². The Balaban J connectivity index is 1.76. The van der Waals surface area contributed by atoms with E-state index in [0.29, 0.717) is 11.5 Å². The fourth-order valence-electron chi connectivity index (χ4n) is 1.99. The maximum atomic E-state index is 11.8. The Hall–Kier alpha value is -1.65. The van der Waals surface area contributed by atoms with Crippen LogP contribution in [0.4, 0.5) is 5.82 Å². The third-order valence-electron chi connectivity index (χ3n) is 3.32. The molecular weight excluding hydrogens is 228 g/mol. The molecule has 5 heteroatoms. The van der Waals surface area contributed by atoms with Crippen molar-refractivity contribution in [3.05, 3.63) is 17.8 Å². The number of amides is 1. The molecule has 1 heterocycles. The molecule has 0 atom stereocenters. The summed E-state index contributed by atoms with van der Waals surface area (Å²) >= 11 is 0. The third kappa shape index (κ3) is 3.42. The molecule has 0 saturated heterocycles. The Kier molecular flexibility index (Phi) is 4.50. The van der Waals surface area contributed by atoms with E-state index >= 15 is 0 Å². The lowest BCUT2D eigenvalue weighted by Gasteiger charge is -2.25. The van der Waals surface area contributed by atoms with E-state index in [1.165, 1.54) is 19.3 Å². The first-order valence-electron chi connectivity index (χ1n) is 6.65. The Bertz CT molecular complexity index is 386. The van der Waals surface area contributed by atoms with Crippen LogP contribution in [0.5, 0.6) is 0 Å². The van der Waals surface area contributed by atoms with Crippen LogP contribution in [-0.4, -0.2) is 29.2 Å². The van der Waals surface area contributed by atoms with E-state index in [9.17, 15) is 4.79 Å². The molecule has 0 aliphatic heterocycles. The van der Waals surface area contributed by atoms with Crippen LogP contribution >= 0.6 is 0 Å². The molecule has 2 rings (SSSR count). The van der Waals surface area contributed by atoms with Gasteiger partial charge in [-0.05, 0) is 31.4 Å². The second-order valence-corrected chi connectivity index (χ2v) is 4.68. The predicted molar refractivity (Wildman–Crippen MR) is 70.5 cm³/mol. The Morgan fingerprint density at radius 2 is 2.22 bits per heavy atom. The normalized spacial score (nSPS) is 14.9.